The molecular weight excluding hydrogens is 263 g/mol. The molecule has 0 radical (unpaired) electrons. The van der Waals surface area contributed by atoms with Crippen LogP contribution in [-0.2, 0) is 12.7 Å². The third-order valence-electron chi connectivity index (χ3n) is 2.05. The molecule has 1 heterocycles. The third-order valence-corrected chi connectivity index (χ3v) is 2.05. The van der Waals surface area contributed by atoms with E-state index >= 15 is 0 Å². The van der Waals surface area contributed by atoms with Crippen LogP contribution in [0.25, 0.3) is 0 Å². The highest BCUT2D eigenvalue weighted by Gasteiger charge is 2.39. The Kier molecular flexibility index (Phi) is 3.85. The average Bonchev–Trinajstić information content (AvgIpc) is 2.25. The molecular formula is C9H7F5N2O2. The van der Waals surface area contributed by atoms with Crippen LogP contribution < -0.4 is 5.73 Å². The molecule has 0 atom stereocenters. The van der Waals surface area contributed by atoms with Gasteiger partial charge >= 0.3 is 12.1 Å². The normalized spacial score (nSPS) is 11.9. The first-order chi connectivity index (χ1) is 8.18. The first-order valence-electron chi connectivity index (χ1n) is 4.51. The van der Waals surface area contributed by atoms with Crippen LogP contribution in [0.2, 0.25) is 0 Å². The first kappa shape index (κ1) is 14.3. The van der Waals surface area contributed by atoms with Gasteiger partial charge in [0.25, 0.3) is 6.43 Å². The monoisotopic (exact) mass is 270 g/mol. The van der Waals surface area contributed by atoms with E-state index in [4.69, 9.17) is 10.8 Å². The molecule has 9 heteroatoms. The van der Waals surface area contributed by atoms with E-state index in [1.165, 1.54) is 0 Å². The molecule has 0 saturated heterocycles. The zero-order valence-electron chi connectivity index (χ0n) is 8.63. The molecule has 4 nitrogen and oxygen atoms in total. The van der Waals surface area contributed by atoms with Crippen molar-refractivity contribution in [1.82, 2.24) is 4.98 Å². The summed E-state index contributed by atoms with van der Waals surface area (Å²) in [6, 6.07) is 0.203. The van der Waals surface area contributed by atoms with Gasteiger partial charge in [0.2, 0.25) is 0 Å². The number of pyridine rings is 1. The number of hydrogen-bond acceptors (Lipinski definition) is 3. The summed E-state index contributed by atoms with van der Waals surface area (Å²) in [4.78, 5) is 13.7. The number of carboxylic acids is 1. The van der Waals surface area contributed by atoms with Gasteiger partial charge in [-0.25, -0.2) is 18.6 Å². The lowest BCUT2D eigenvalue weighted by Gasteiger charge is -2.15. The quantitative estimate of drug-likeness (QED) is 0.825. The SMILES string of the molecule is NCc1nc(C(F)F)cc(C(=O)O)c1C(F)(F)F. The number of aromatic carboxylic acids is 1. The number of aromatic nitrogens is 1. The fraction of sp³-hybridized carbons (Fsp3) is 0.333. The fourth-order valence-electron chi connectivity index (χ4n) is 1.36. The van der Waals surface area contributed by atoms with Gasteiger partial charge in [0.05, 0.1) is 16.8 Å². The summed E-state index contributed by atoms with van der Waals surface area (Å²) < 4.78 is 62.7. The molecule has 18 heavy (non-hydrogen) atoms. The highest BCUT2D eigenvalue weighted by atomic mass is 19.4. The van der Waals surface area contributed by atoms with Gasteiger partial charge in [-0.2, -0.15) is 13.2 Å². The Balaban J connectivity index is 3.62. The van der Waals surface area contributed by atoms with Crippen molar-refractivity contribution in [2.75, 3.05) is 0 Å². The Labute approximate surface area is 97.2 Å². The Morgan fingerprint density at radius 3 is 2.33 bits per heavy atom. The summed E-state index contributed by atoms with van der Waals surface area (Å²) in [5.74, 6) is -1.97. The molecule has 0 unspecified atom stereocenters. The summed E-state index contributed by atoms with van der Waals surface area (Å²) in [6.07, 6.45) is -8.22. The molecule has 100 valence electrons. The number of rotatable bonds is 3. The van der Waals surface area contributed by atoms with Crippen LogP contribution in [0.3, 0.4) is 0 Å². The Morgan fingerprint density at radius 2 is 2.00 bits per heavy atom. The lowest BCUT2D eigenvalue weighted by Crippen LogP contribution is -2.20. The number of hydrogen-bond donors (Lipinski definition) is 2. The summed E-state index contributed by atoms with van der Waals surface area (Å²) >= 11 is 0. The average molecular weight is 270 g/mol. The predicted molar refractivity (Wildman–Crippen MR) is 49.0 cm³/mol. The Hall–Kier alpha value is -1.77. The molecule has 0 aliphatic rings. The largest absolute Gasteiger partial charge is 0.478 e. The minimum absolute atomic E-state index is 0.203. The lowest BCUT2D eigenvalue weighted by molar-refractivity contribution is -0.139. The standard InChI is InChI=1S/C9H7F5N2O2/c10-7(11)4-1-3(8(17)18)6(9(12,13)14)5(2-15)16-4/h1,7H,2,15H2,(H,17,18). The number of carboxylic acid groups (broad SMARTS) is 1. The summed E-state index contributed by atoms with van der Waals surface area (Å²) in [7, 11) is 0. The van der Waals surface area contributed by atoms with E-state index in [-0.39, 0.29) is 6.07 Å². The van der Waals surface area contributed by atoms with Crippen molar-refractivity contribution in [2.45, 2.75) is 19.1 Å². The topological polar surface area (TPSA) is 76.2 Å². The van der Waals surface area contributed by atoms with Crippen LogP contribution in [0.1, 0.15) is 33.7 Å². The van der Waals surface area contributed by atoms with Crippen molar-refractivity contribution < 1.29 is 31.9 Å². The number of nitrogens with two attached hydrogens (primary N) is 1. The van der Waals surface area contributed by atoms with E-state index in [1.807, 2.05) is 0 Å². The van der Waals surface area contributed by atoms with E-state index in [0.717, 1.165) is 0 Å². The first-order valence-corrected chi connectivity index (χ1v) is 4.51. The van der Waals surface area contributed by atoms with Gasteiger partial charge in [0.1, 0.15) is 5.69 Å². The maximum absolute atomic E-state index is 12.6. The fourth-order valence-corrected chi connectivity index (χ4v) is 1.36. The van der Waals surface area contributed by atoms with Crippen molar-refractivity contribution >= 4 is 5.97 Å². The van der Waals surface area contributed by atoms with Crippen LogP contribution in [0, 0.1) is 0 Å². The number of nitrogens with zero attached hydrogens (tertiary/aromatic N) is 1. The van der Waals surface area contributed by atoms with E-state index in [9.17, 15) is 26.7 Å². The second-order valence-electron chi connectivity index (χ2n) is 3.22. The van der Waals surface area contributed by atoms with E-state index in [1.54, 1.807) is 0 Å². The Morgan fingerprint density at radius 1 is 1.44 bits per heavy atom. The van der Waals surface area contributed by atoms with Crippen LogP contribution in [0.5, 0.6) is 0 Å². The lowest BCUT2D eigenvalue weighted by atomic mass is 10.0. The Bertz CT molecular complexity index is 473. The molecule has 0 saturated carbocycles. The van der Waals surface area contributed by atoms with Gasteiger partial charge in [-0.3, -0.25) is 0 Å². The maximum atomic E-state index is 12.6. The second-order valence-corrected chi connectivity index (χ2v) is 3.22. The zero-order valence-corrected chi connectivity index (χ0v) is 8.63. The maximum Gasteiger partial charge on any atom is 0.419 e. The molecule has 0 aliphatic carbocycles. The van der Waals surface area contributed by atoms with Crippen molar-refractivity contribution in [3.8, 4) is 0 Å². The molecule has 0 amide bonds. The van der Waals surface area contributed by atoms with Crippen LogP contribution in [0.4, 0.5) is 22.0 Å². The number of halogens is 5. The van der Waals surface area contributed by atoms with Gasteiger partial charge < -0.3 is 10.8 Å². The van der Waals surface area contributed by atoms with Crippen molar-refractivity contribution in [3.63, 3.8) is 0 Å². The zero-order chi connectivity index (χ0) is 14.1. The van der Waals surface area contributed by atoms with Crippen LogP contribution in [-0.4, -0.2) is 16.1 Å². The summed E-state index contributed by atoms with van der Waals surface area (Å²) in [5.41, 5.74) is 0.132. The predicted octanol–water partition coefficient (Wildman–Crippen LogP) is 2.19. The van der Waals surface area contributed by atoms with Crippen molar-refractivity contribution in [1.29, 1.82) is 0 Å². The van der Waals surface area contributed by atoms with E-state index in [0.29, 0.717) is 0 Å². The minimum atomic E-state index is -5.03. The molecule has 0 aliphatic heterocycles. The molecule has 0 spiro atoms. The molecule has 1 aromatic heterocycles. The van der Waals surface area contributed by atoms with Crippen LogP contribution in [0.15, 0.2) is 6.07 Å². The second kappa shape index (κ2) is 4.84. The summed E-state index contributed by atoms with van der Waals surface area (Å²) in [5, 5.41) is 8.64. The molecule has 0 aromatic carbocycles. The van der Waals surface area contributed by atoms with E-state index < -0.39 is 47.6 Å². The summed E-state index contributed by atoms with van der Waals surface area (Å²) in [6.45, 7) is -0.796. The highest BCUT2D eigenvalue weighted by molar-refractivity contribution is 5.90. The molecule has 3 N–H and O–H groups in total. The van der Waals surface area contributed by atoms with Gasteiger partial charge in [-0.05, 0) is 6.07 Å². The smallest absolute Gasteiger partial charge is 0.419 e. The number of carbonyl (C=O) groups is 1. The van der Waals surface area contributed by atoms with Gasteiger partial charge in [0, 0.05) is 6.54 Å². The molecule has 1 rings (SSSR count). The van der Waals surface area contributed by atoms with Crippen molar-refractivity contribution in [2.24, 2.45) is 5.73 Å². The van der Waals surface area contributed by atoms with Crippen LogP contribution >= 0.6 is 0 Å². The minimum Gasteiger partial charge on any atom is -0.478 e. The molecule has 0 fully saturated rings. The molecule has 0 bridgehead atoms. The third kappa shape index (κ3) is 2.73. The van der Waals surface area contributed by atoms with Gasteiger partial charge in [-0.1, -0.05) is 0 Å². The van der Waals surface area contributed by atoms with E-state index in [2.05, 4.69) is 4.98 Å². The van der Waals surface area contributed by atoms with Gasteiger partial charge in [0.15, 0.2) is 0 Å². The molecule has 1 aromatic rings. The van der Waals surface area contributed by atoms with Crippen molar-refractivity contribution in [3.05, 3.63) is 28.6 Å². The number of alkyl halides is 5. The highest BCUT2D eigenvalue weighted by Crippen LogP contribution is 2.35. The van der Waals surface area contributed by atoms with Gasteiger partial charge in [-0.15, -0.1) is 0 Å².